The lowest BCUT2D eigenvalue weighted by atomic mass is 9.72. The van der Waals surface area contributed by atoms with E-state index in [1.165, 1.54) is 6.26 Å². The number of amides is 1. The van der Waals surface area contributed by atoms with E-state index in [4.69, 9.17) is 10.3 Å². The first-order valence-corrected chi connectivity index (χ1v) is 14.5. The highest BCUT2D eigenvalue weighted by atomic mass is 32.2. The molecule has 3 rings (SSSR count). The number of aromatic nitrogens is 1. The van der Waals surface area contributed by atoms with E-state index in [1.807, 2.05) is 74.5 Å². The van der Waals surface area contributed by atoms with Crippen LogP contribution in [0.25, 0.3) is 0 Å². The molecule has 0 fully saturated rings. The van der Waals surface area contributed by atoms with Gasteiger partial charge in [0.1, 0.15) is 6.26 Å². The molecule has 1 amide bonds. The summed E-state index contributed by atoms with van der Waals surface area (Å²) in [6.07, 6.45) is 6.70. The molecule has 0 aliphatic carbocycles. The molecular formula is C30H38N2O5S. The Balaban J connectivity index is 1.51. The number of benzene rings is 2. The number of carbonyl (C=O) groups excluding carboxylic acids is 1. The van der Waals surface area contributed by atoms with E-state index in [0.717, 1.165) is 49.5 Å². The van der Waals surface area contributed by atoms with Gasteiger partial charge in [0.25, 0.3) is 5.56 Å². The van der Waals surface area contributed by atoms with E-state index in [0.29, 0.717) is 23.5 Å². The average Bonchev–Trinajstić information content (AvgIpc) is 3.36. The second kappa shape index (κ2) is 13.4. The molecule has 0 aliphatic rings. The summed E-state index contributed by atoms with van der Waals surface area (Å²) < 4.78 is 17.8. The van der Waals surface area contributed by atoms with Crippen LogP contribution in [0.15, 0.2) is 88.1 Å². The summed E-state index contributed by atoms with van der Waals surface area (Å²) in [6, 6.07) is 19.4. The molecule has 0 aliphatic heterocycles. The third kappa shape index (κ3) is 6.92. The summed E-state index contributed by atoms with van der Waals surface area (Å²) in [5.41, 5.74) is 6.82. The molecule has 1 heterocycles. The highest BCUT2D eigenvalue weighted by molar-refractivity contribution is 7.84. The Hall–Kier alpha value is -3.39. The first kappa shape index (κ1) is 29.2. The number of nitrogens with two attached hydrogens (primary N) is 1. The molecule has 3 unspecified atom stereocenters. The minimum Gasteiger partial charge on any atom is -0.515 e. The van der Waals surface area contributed by atoms with Gasteiger partial charge in [-0.1, -0.05) is 87.4 Å². The number of carbonyl (C=O) groups is 1. The Bertz CT molecular complexity index is 1280. The van der Waals surface area contributed by atoms with Gasteiger partial charge >= 0.3 is 0 Å². The molecule has 3 atom stereocenters. The lowest BCUT2D eigenvalue weighted by Gasteiger charge is -2.31. The second-order valence-corrected chi connectivity index (χ2v) is 11.8. The lowest BCUT2D eigenvalue weighted by molar-refractivity contribution is -0.115. The Morgan fingerprint density at radius 1 is 0.947 bits per heavy atom. The van der Waals surface area contributed by atoms with Crippen molar-refractivity contribution < 1.29 is 18.6 Å². The van der Waals surface area contributed by atoms with Gasteiger partial charge in [0.15, 0.2) is 0 Å². The number of H-pyrrole nitrogens is 1. The number of aromatic amines is 1. The molecule has 3 aromatic rings. The Labute approximate surface area is 226 Å². The van der Waals surface area contributed by atoms with Crippen LogP contribution >= 0.6 is 0 Å². The van der Waals surface area contributed by atoms with Crippen molar-refractivity contribution in [1.29, 1.82) is 0 Å². The smallest absolute Gasteiger partial charge is 0.283 e. The highest BCUT2D eigenvalue weighted by Gasteiger charge is 2.34. The maximum Gasteiger partial charge on any atom is 0.283 e. The number of unbranched alkanes of at least 4 members (excludes halogenated alkanes) is 2. The fourth-order valence-electron chi connectivity index (χ4n) is 5.18. The quantitative estimate of drug-likeness (QED) is 0.138. The largest absolute Gasteiger partial charge is 0.515 e. The second-order valence-electron chi connectivity index (χ2n) is 10.1. The van der Waals surface area contributed by atoms with Gasteiger partial charge in [0.05, 0.1) is 17.4 Å². The van der Waals surface area contributed by atoms with Crippen LogP contribution in [0.2, 0.25) is 0 Å². The minimum atomic E-state index is -0.970. The zero-order chi connectivity index (χ0) is 27.6. The summed E-state index contributed by atoms with van der Waals surface area (Å²) in [6.45, 7) is 3.95. The van der Waals surface area contributed by atoms with Crippen molar-refractivity contribution in [3.8, 4) is 0 Å². The van der Waals surface area contributed by atoms with Crippen LogP contribution in [0.3, 0.4) is 0 Å². The normalized spacial score (nSPS) is 15.9. The van der Waals surface area contributed by atoms with Gasteiger partial charge in [-0.05, 0) is 36.8 Å². The number of hydrogen-bond donors (Lipinski definition) is 3. The van der Waals surface area contributed by atoms with E-state index in [-0.39, 0.29) is 11.1 Å². The topological polar surface area (TPSA) is 126 Å². The molecule has 0 saturated heterocycles. The van der Waals surface area contributed by atoms with Crippen molar-refractivity contribution in [3.05, 3.63) is 106 Å². The molecular weight excluding hydrogens is 500 g/mol. The van der Waals surface area contributed by atoms with Crippen molar-refractivity contribution in [2.45, 2.75) is 63.2 Å². The fourth-order valence-corrected chi connectivity index (χ4v) is 6.43. The van der Waals surface area contributed by atoms with Crippen molar-refractivity contribution in [1.82, 2.24) is 5.16 Å². The van der Waals surface area contributed by atoms with Gasteiger partial charge in [0, 0.05) is 33.1 Å². The van der Waals surface area contributed by atoms with Crippen LogP contribution in [-0.2, 0) is 26.4 Å². The monoisotopic (exact) mass is 538 g/mol. The number of aliphatic hydroxyl groups excluding tert-OH is 1. The third-order valence-electron chi connectivity index (χ3n) is 7.58. The number of aliphatic hydroxyl groups is 1. The van der Waals surface area contributed by atoms with E-state index >= 15 is 0 Å². The number of nitrogens with one attached hydrogen (secondary N) is 1. The Kier molecular flexibility index (Phi) is 10.3. The summed E-state index contributed by atoms with van der Waals surface area (Å²) in [7, 11) is -0.970. The van der Waals surface area contributed by atoms with E-state index < -0.39 is 27.5 Å². The van der Waals surface area contributed by atoms with Crippen LogP contribution in [-0.4, -0.2) is 31.9 Å². The number of hydrogen-bond acceptors (Lipinski definition) is 5. The van der Waals surface area contributed by atoms with Gasteiger partial charge in [-0.15, -0.1) is 0 Å². The van der Waals surface area contributed by atoms with Gasteiger partial charge < -0.3 is 15.4 Å². The summed E-state index contributed by atoms with van der Waals surface area (Å²) in [5.74, 6) is 0.505. The Morgan fingerprint density at radius 2 is 1.50 bits per heavy atom. The van der Waals surface area contributed by atoms with E-state index in [2.05, 4.69) is 5.16 Å². The third-order valence-corrected chi connectivity index (χ3v) is 9.06. The van der Waals surface area contributed by atoms with Crippen molar-refractivity contribution in [3.63, 3.8) is 0 Å². The zero-order valence-electron chi connectivity index (χ0n) is 22.2. The standard InChI is InChI=1S/C30H38N2O5S/c1-29(25(21-33)27(31)34,23-13-5-3-6-14-23)17-9-11-19-38(36)20-12-10-18-30(2,24-15-7-4-8-16-24)26-22-37-32-28(26)35/h3-8,13-16,21-22,33H,9-12,17-20H2,1-2H3,(H2,31,34)(H,32,35)/b25-21+. The molecule has 2 aromatic carbocycles. The Morgan fingerprint density at radius 3 is 2.00 bits per heavy atom. The molecule has 7 nitrogen and oxygen atoms in total. The average molecular weight is 539 g/mol. The summed E-state index contributed by atoms with van der Waals surface area (Å²) in [4.78, 5) is 24.4. The van der Waals surface area contributed by atoms with E-state index in [1.54, 1.807) is 0 Å². The predicted octanol–water partition coefficient (Wildman–Crippen LogP) is 5.25. The van der Waals surface area contributed by atoms with Crippen LogP contribution in [0, 0.1) is 0 Å². The lowest BCUT2D eigenvalue weighted by Crippen LogP contribution is -2.33. The van der Waals surface area contributed by atoms with E-state index in [9.17, 15) is 18.9 Å². The van der Waals surface area contributed by atoms with Gasteiger partial charge in [-0.3, -0.25) is 13.8 Å². The zero-order valence-corrected chi connectivity index (χ0v) is 23.0. The molecule has 204 valence electrons. The predicted molar refractivity (Wildman–Crippen MR) is 152 cm³/mol. The van der Waals surface area contributed by atoms with Gasteiger partial charge in [-0.2, -0.15) is 5.16 Å². The number of primary amides is 1. The summed E-state index contributed by atoms with van der Waals surface area (Å²) >= 11 is 0. The van der Waals surface area contributed by atoms with Crippen molar-refractivity contribution in [2.75, 3.05) is 11.5 Å². The molecule has 1 aromatic heterocycles. The van der Waals surface area contributed by atoms with Crippen LogP contribution in [0.5, 0.6) is 0 Å². The minimum absolute atomic E-state index is 0.169. The molecule has 0 spiro atoms. The molecule has 0 radical (unpaired) electrons. The molecule has 0 bridgehead atoms. The molecule has 8 heteroatoms. The first-order chi connectivity index (χ1) is 18.2. The molecule has 38 heavy (non-hydrogen) atoms. The maximum absolute atomic E-state index is 12.7. The van der Waals surface area contributed by atoms with Crippen LogP contribution in [0.1, 0.15) is 69.1 Å². The SMILES string of the molecule is CC(CCCCS(=O)CCCCC(C)(c1ccccc1)c1co[nH]c1=O)(/C(=C/O)C(N)=O)c1ccccc1. The summed E-state index contributed by atoms with van der Waals surface area (Å²) in [5, 5.41) is 12.1. The number of rotatable bonds is 15. The molecule has 0 saturated carbocycles. The maximum atomic E-state index is 12.7. The highest BCUT2D eigenvalue weighted by Crippen LogP contribution is 2.37. The van der Waals surface area contributed by atoms with Gasteiger partial charge in [0.2, 0.25) is 5.91 Å². The van der Waals surface area contributed by atoms with Crippen molar-refractivity contribution >= 4 is 16.7 Å². The van der Waals surface area contributed by atoms with Gasteiger partial charge in [-0.25, -0.2) is 0 Å². The van der Waals surface area contributed by atoms with Crippen LogP contribution < -0.4 is 11.3 Å². The first-order valence-electron chi connectivity index (χ1n) is 13.0. The molecule has 4 N–H and O–H groups in total. The fraction of sp³-hybridized carbons (Fsp3) is 0.400. The van der Waals surface area contributed by atoms with Crippen molar-refractivity contribution in [2.24, 2.45) is 5.73 Å². The van der Waals surface area contributed by atoms with Crippen LogP contribution in [0.4, 0.5) is 0 Å².